The van der Waals surface area contributed by atoms with Gasteiger partial charge in [-0.3, -0.25) is 9.88 Å². The summed E-state index contributed by atoms with van der Waals surface area (Å²) in [6.45, 7) is 8.61. The molecule has 7 heteroatoms. The van der Waals surface area contributed by atoms with Gasteiger partial charge in [0.05, 0.1) is 11.1 Å². The molecule has 0 amide bonds. The normalized spacial score (nSPS) is 22.0. The highest BCUT2D eigenvalue weighted by molar-refractivity contribution is 6.29. The van der Waals surface area contributed by atoms with Crippen LogP contribution in [0.3, 0.4) is 0 Å². The fourth-order valence-corrected chi connectivity index (χ4v) is 5.31. The second-order valence-electron chi connectivity index (χ2n) is 8.83. The van der Waals surface area contributed by atoms with Gasteiger partial charge >= 0.3 is 0 Å². The molecule has 2 atom stereocenters. The zero-order valence-electron chi connectivity index (χ0n) is 18.3. The van der Waals surface area contributed by atoms with E-state index in [1.165, 1.54) is 11.3 Å². The lowest BCUT2D eigenvalue weighted by atomic mass is 10.0. The largest absolute Gasteiger partial charge is 0.368 e. The zero-order chi connectivity index (χ0) is 22.1. The molecule has 5 rings (SSSR count). The third-order valence-corrected chi connectivity index (χ3v) is 7.03. The summed E-state index contributed by atoms with van der Waals surface area (Å²) in [5, 5.41) is 11.1. The summed E-state index contributed by atoms with van der Waals surface area (Å²) in [6, 6.07) is 15.2. The standard InChI is InChI=1S/C25H27ClN6/c1-18-15-31(23-6-5-20(13-27)25-22(23)3-2-9-28-25)17-21-16-30(11-12-32(18)21)10-8-19-4-7-24(26)29-14-19/h2-7,9,14,18,21H,8,10-12,15-17H2,1H3/t18-,21+/m1/s1. The van der Waals surface area contributed by atoms with Gasteiger partial charge in [0.15, 0.2) is 0 Å². The van der Waals surface area contributed by atoms with Crippen LogP contribution in [0.5, 0.6) is 0 Å². The molecule has 3 aromatic rings. The van der Waals surface area contributed by atoms with Crippen LogP contribution in [0.4, 0.5) is 5.69 Å². The molecule has 0 radical (unpaired) electrons. The minimum atomic E-state index is 0.484. The van der Waals surface area contributed by atoms with Crippen LogP contribution in [-0.2, 0) is 6.42 Å². The molecule has 164 valence electrons. The highest BCUT2D eigenvalue weighted by Gasteiger charge is 2.36. The molecular weight excluding hydrogens is 420 g/mol. The smallest absolute Gasteiger partial charge is 0.129 e. The number of rotatable bonds is 4. The molecule has 2 aromatic heterocycles. The van der Waals surface area contributed by atoms with Gasteiger partial charge in [0.2, 0.25) is 0 Å². The Hall–Kier alpha value is -2.72. The van der Waals surface area contributed by atoms with E-state index in [2.05, 4.69) is 55.9 Å². The fourth-order valence-electron chi connectivity index (χ4n) is 5.19. The van der Waals surface area contributed by atoms with Gasteiger partial charge in [-0.05, 0) is 49.2 Å². The monoisotopic (exact) mass is 446 g/mol. The highest BCUT2D eigenvalue weighted by atomic mass is 35.5. The Bertz CT molecular complexity index is 1140. The number of piperazine rings is 2. The minimum absolute atomic E-state index is 0.484. The number of aromatic nitrogens is 2. The number of halogens is 1. The van der Waals surface area contributed by atoms with Crippen LogP contribution in [0.25, 0.3) is 10.9 Å². The summed E-state index contributed by atoms with van der Waals surface area (Å²) in [4.78, 5) is 16.4. The van der Waals surface area contributed by atoms with Crippen molar-refractivity contribution in [2.24, 2.45) is 0 Å². The first-order valence-corrected chi connectivity index (χ1v) is 11.6. The van der Waals surface area contributed by atoms with E-state index in [1.54, 1.807) is 6.20 Å². The maximum Gasteiger partial charge on any atom is 0.129 e. The van der Waals surface area contributed by atoms with Crippen LogP contribution < -0.4 is 4.90 Å². The van der Waals surface area contributed by atoms with Gasteiger partial charge in [0.1, 0.15) is 11.2 Å². The molecule has 0 spiro atoms. The number of hydrogen-bond acceptors (Lipinski definition) is 6. The van der Waals surface area contributed by atoms with Crippen molar-refractivity contribution in [2.45, 2.75) is 25.4 Å². The number of nitrogens with zero attached hydrogens (tertiary/aromatic N) is 6. The first-order chi connectivity index (χ1) is 15.6. The number of anilines is 1. The van der Waals surface area contributed by atoms with Crippen LogP contribution in [0.15, 0.2) is 48.8 Å². The topological polar surface area (TPSA) is 59.3 Å². The molecule has 2 aliphatic heterocycles. The summed E-state index contributed by atoms with van der Waals surface area (Å²) in [6.07, 6.45) is 4.64. The predicted molar refractivity (Wildman–Crippen MR) is 128 cm³/mol. The van der Waals surface area contributed by atoms with Crippen molar-refractivity contribution in [1.29, 1.82) is 5.26 Å². The quantitative estimate of drug-likeness (QED) is 0.571. The molecule has 2 aliphatic rings. The van der Waals surface area contributed by atoms with Gasteiger partial charge in [-0.2, -0.15) is 5.26 Å². The van der Waals surface area contributed by atoms with Gasteiger partial charge in [0.25, 0.3) is 0 Å². The Morgan fingerprint density at radius 2 is 2.00 bits per heavy atom. The van der Waals surface area contributed by atoms with Crippen LogP contribution >= 0.6 is 11.6 Å². The van der Waals surface area contributed by atoms with Crippen LogP contribution in [-0.4, -0.2) is 71.1 Å². The van der Waals surface area contributed by atoms with Crippen molar-refractivity contribution >= 4 is 28.2 Å². The van der Waals surface area contributed by atoms with Crippen LogP contribution in [0.2, 0.25) is 5.15 Å². The molecule has 2 fully saturated rings. The van der Waals surface area contributed by atoms with Gasteiger partial charge < -0.3 is 9.80 Å². The lowest BCUT2D eigenvalue weighted by Gasteiger charge is -2.51. The maximum absolute atomic E-state index is 9.48. The zero-order valence-corrected chi connectivity index (χ0v) is 19.0. The van der Waals surface area contributed by atoms with Gasteiger partial charge in [-0.25, -0.2) is 4.98 Å². The van der Waals surface area contributed by atoms with E-state index in [0.717, 1.165) is 56.6 Å². The summed E-state index contributed by atoms with van der Waals surface area (Å²) in [5.74, 6) is 0. The summed E-state index contributed by atoms with van der Waals surface area (Å²) >= 11 is 5.92. The second kappa shape index (κ2) is 9.03. The van der Waals surface area contributed by atoms with Gasteiger partial charge in [-0.1, -0.05) is 17.7 Å². The number of benzene rings is 1. The van der Waals surface area contributed by atoms with E-state index < -0.39 is 0 Å². The minimum Gasteiger partial charge on any atom is -0.368 e. The number of pyridine rings is 2. The molecule has 1 aromatic carbocycles. The Kier molecular flexibility index (Phi) is 5.97. The van der Waals surface area contributed by atoms with Crippen molar-refractivity contribution in [2.75, 3.05) is 44.2 Å². The van der Waals surface area contributed by atoms with E-state index in [1.807, 2.05) is 24.4 Å². The molecule has 0 aliphatic carbocycles. The third kappa shape index (κ3) is 4.16. The van der Waals surface area contributed by atoms with Gasteiger partial charge in [-0.15, -0.1) is 0 Å². The second-order valence-corrected chi connectivity index (χ2v) is 9.22. The third-order valence-electron chi connectivity index (χ3n) is 6.81. The average Bonchev–Trinajstić information content (AvgIpc) is 2.82. The molecule has 4 heterocycles. The molecule has 0 N–H and O–H groups in total. The molecule has 0 bridgehead atoms. The van der Waals surface area contributed by atoms with E-state index >= 15 is 0 Å². The Labute approximate surface area is 194 Å². The van der Waals surface area contributed by atoms with Crippen molar-refractivity contribution < 1.29 is 0 Å². The first-order valence-electron chi connectivity index (χ1n) is 11.2. The number of fused-ring (bicyclic) bond motifs is 2. The highest BCUT2D eigenvalue weighted by Crippen LogP contribution is 2.31. The lowest BCUT2D eigenvalue weighted by Crippen LogP contribution is -2.65. The summed E-state index contributed by atoms with van der Waals surface area (Å²) in [5.41, 5.74) is 3.84. The van der Waals surface area contributed by atoms with Crippen molar-refractivity contribution in [3.05, 3.63) is 65.1 Å². The number of nitriles is 1. The van der Waals surface area contributed by atoms with E-state index in [-0.39, 0.29) is 0 Å². The average molecular weight is 447 g/mol. The lowest BCUT2D eigenvalue weighted by molar-refractivity contribution is 0.0356. The van der Waals surface area contributed by atoms with E-state index in [4.69, 9.17) is 11.6 Å². The van der Waals surface area contributed by atoms with Gasteiger partial charge in [0, 0.05) is 74.8 Å². The van der Waals surface area contributed by atoms with Crippen LogP contribution in [0, 0.1) is 11.3 Å². The van der Waals surface area contributed by atoms with Crippen molar-refractivity contribution in [1.82, 2.24) is 19.8 Å². The Balaban J connectivity index is 1.32. The molecular formula is C25H27ClN6. The van der Waals surface area contributed by atoms with E-state index in [0.29, 0.717) is 22.8 Å². The molecule has 0 unspecified atom stereocenters. The van der Waals surface area contributed by atoms with Crippen LogP contribution in [0.1, 0.15) is 18.1 Å². The SMILES string of the molecule is C[C@@H]1CN(c2ccc(C#N)c3ncccc23)C[C@@H]2CN(CCc3ccc(Cl)nc3)CCN21. The first kappa shape index (κ1) is 21.1. The summed E-state index contributed by atoms with van der Waals surface area (Å²) < 4.78 is 0. The number of hydrogen-bond donors (Lipinski definition) is 0. The Morgan fingerprint density at radius 3 is 2.81 bits per heavy atom. The predicted octanol–water partition coefficient (Wildman–Crippen LogP) is 3.59. The fraction of sp³-hybridized carbons (Fsp3) is 0.400. The molecule has 2 saturated heterocycles. The Morgan fingerprint density at radius 1 is 1.09 bits per heavy atom. The molecule has 6 nitrogen and oxygen atoms in total. The summed E-state index contributed by atoms with van der Waals surface area (Å²) in [7, 11) is 0. The van der Waals surface area contributed by atoms with E-state index in [9.17, 15) is 5.26 Å². The van der Waals surface area contributed by atoms with Crippen molar-refractivity contribution in [3.8, 4) is 6.07 Å². The molecule has 32 heavy (non-hydrogen) atoms. The molecule has 0 saturated carbocycles. The van der Waals surface area contributed by atoms with Crippen molar-refractivity contribution in [3.63, 3.8) is 0 Å². The maximum atomic E-state index is 9.48.